The molecular formula is C30H29N5O3. The Labute approximate surface area is 221 Å². The van der Waals surface area contributed by atoms with Gasteiger partial charge in [0, 0.05) is 30.4 Å². The van der Waals surface area contributed by atoms with Gasteiger partial charge < -0.3 is 19.9 Å². The molecule has 1 unspecified atom stereocenters. The number of nitrogens with one attached hydrogen (secondary N) is 1. The number of hydrogen-bond acceptors (Lipinski definition) is 6. The summed E-state index contributed by atoms with van der Waals surface area (Å²) in [6.45, 7) is 1.31. The Balaban J connectivity index is 1.07. The molecule has 5 heterocycles. The van der Waals surface area contributed by atoms with Gasteiger partial charge in [-0.3, -0.25) is 9.59 Å². The van der Waals surface area contributed by atoms with Crippen molar-refractivity contribution >= 4 is 34.7 Å². The predicted octanol–water partition coefficient (Wildman–Crippen LogP) is 5.17. The highest BCUT2D eigenvalue weighted by molar-refractivity contribution is 6.04. The molecule has 2 aromatic heterocycles. The average molecular weight is 508 g/mol. The summed E-state index contributed by atoms with van der Waals surface area (Å²) in [5.74, 6) is 2.24. The van der Waals surface area contributed by atoms with Gasteiger partial charge in [-0.1, -0.05) is 12.1 Å². The lowest BCUT2D eigenvalue weighted by molar-refractivity contribution is -0.121. The van der Waals surface area contributed by atoms with Gasteiger partial charge in [0.2, 0.25) is 17.7 Å². The molecular weight excluding hydrogens is 478 g/mol. The normalized spacial score (nSPS) is 22.9. The minimum Gasteiger partial charge on any atom is -0.474 e. The number of amides is 2. The predicted molar refractivity (Wildman–Crippen MR) is 144 cm³/mol. The second kappa shape index (κ2) is 8.03. The fourth-order valence-corrected chi connectivity index (χ4v) is 6.43. The number of pyridine rings is 2. The monoisotopic (exact) mass is 507 g/mol. The van der Waals surface area contributed by atoms with Crippen LogP contribution in [0.5, 0.6) is 5.88 Å². The Morgan fingerprint density at radius 1 is 1.03 bits per heavy atom. The molecule has 2 saturated carbocycles. The number of anilines is 4. The van der Waals surface area contributed by atoms with E-state index in [9.17, 15) is 9.59 Å². The fourth-order valence-electron chi connectivity index (χ4n) is 6.43. The molecule has 8 heteroatoms. The van der Waals surface area contributed by atoms with E-state index in [0.29, 0.717) is 24.8 Å². The highest BCUT2D eigenvalue weighted by Crippen LogP contribution is 2.58. The molecule has 8 rings (SSSR count). The first kappa shape index (κ1) is 22.1. The van der Waals surface area contributed by atoms with Crippen LogP contribution < -0.4 is 19.9 Å². The van der Waals surface area contributed by atoms with Crippen LogP contribution in [-0.4, -0.2) is 41.0 Å². The van der Waals surface area contributed by atoms with Crippen LogP contribution >= 0.6 is 0 Å². The SMILES string of the molecule is O=C1CCCN1c1ccc(-c2cnc(Nc3cnc4c(c3)N3C(=O)C5(CC5)CC3CO4)cc2C2CC2)cc1. The zero-order chi connectivity index (χ0) is 25.4. The van der Waals surface area contributed by atoms with Crippen molar-refractivity contribution in [2.24, 2.45) is 5.41 Å². The van der Waals surface area contributed by atoms with Crippen LogP contribution in [0.2, 0.25) is 0 Å². The maximum absolute atomic E-state index is 13.2. The van der Waals surface area contributed by atoms with Gasteiger partial charge in [0.1, 0.15) is 18.1 Å². The average Bonchev–Trinajstić information content (AvgIpc) is 3.86. The van der Waals surface area contributed by atoms with Crippen molar-refractivity contribution in [1.82, 2.24) is 9.97 Å². The van der Waals surface area contributed by atoms with Crippen LogP contribution in [0.25, 0.3) is 11.1 Å². The van der Waals surface area contributed by atoms with Gasteiger partial charge in [0.05, 0.1) is 23.3 Å². The summed E-state index contributed by atoms with van der Waals surface area (Å²) >= 11 is 0. The highest BCUT2D eigenvalue weighted by atomic mass is 16.5. The number of hydrogen-bond donors (Lipinski definition) is 1. The van der Waals surface area contributed by atoms with Gasteiger partial charge in [0.25, 0.3) is 0 Å². The van der Waals surface area contributed by atoms with E-state index in [2.05, 4.69) is 28.5 Å². The molecule has 5 aliphatic rings. The van der Waals surface area contributed by atoms with Gasteiger partial charge >= 0.3 is 0 Å². The molecule has 0 radical (unpaired) electrons. The number of ether oxygens (including phenoxy) is 1. The number of benzene rings is 1. The van der Waals surface area contributed by atoms with Crippen molar-refractivity contribution < 1.29 is 14.3 Å². The van der Waals surface area contributed by atoms with Gasteiger partial charge in [-0.05, 0) is 79.8 Å². The van der Waals surface area contributed by atoms with Crippen molar-refractivity contribution in [3.63, 3.8) is 0 Å². The fraction of sp³-hybridized carbons (Fsp3) is 0.400. The molecule has 1 aromatic carbocycles. The summed E-state index contributed by atoms with van der Waals surface area (Å²) in [7, 11) is 0. The van der Waals surface area contributed by atoms with Gasteiger partial charge in [-0.25, -0.2) is 9.97 Å². The van der Waals surface area contributed by atoms with Crippen LogP contribution in [0.15, 0.2) is 48.8 Å². The van der Waals surface area contributed by atoms with E-state index in [4.69, 9.17) is 9.72 Å². The summed E-state index contributed by atoms with van der Waals surface area (Å²) in [6, 6.07) is 12.5. The molecule has 2 aliphatic carbocycles. The van der Waals surface area contributed by atoms with Crippen molar-refractivity contribution in [3.05, 3.63) is 54.4 Å². The quantitative estimate of drug-likeness (QED) is 0.513. The Hall–Kier alpha value is -3.94. The van der Waals surface area contributed by atoms with E-state index >= 15 is 0 Å². The molecule has 1 N–H and O–H groups in total. The lowest BCUT2D eigenvalue weighted by atomic mass is 9.98. The number of carbonyl (C=O) groups excluding carboxylic acids is 2. The number of rotatable bonds is 5. The highest BCUT2D eigenvalue weighted by Gasteiger charge is 2.61. The maximum atomic E-state index is 13.2. The number of fused-ring (bicyclic) bond motifs is 3. The molecule has 8 nitrogen and oxygen atoms in total. The van der Waals surface area contributed by atoms with Crippen LogP contribution in [0, 0.1) is 5.41 Å². The molecule has 2 saturated heterocycles. The molecule has 38 heavy (non-hydrogen) atoms. The Morgan fingerprint density at radius 3 is 2.61 bits per heavy atom. The molecule has 0 bridgehead atoms. The summed E-state index contributed by atoms with van der Waals surface area (Å²) in [5, 5.41) is 3.43. The standard InChI is InChI=1S/C30H29N5O3/c36-27-2-1-11-34(27)21-7-5-19(6-8-21)24-16-31-26(13-23(24)18-3-4-18)33-20-12-25-28(32-15-20)38-17-22-14-30(9-10-30)29(37)35(22)25/h5-8,12-13,15-16,18,22H,1-4,9-11,14,17H2,(H,31,33). The number of carbonyl (C=O) groups is 2. The number of nitrogens with zero attached hydrogens (tertiary/aromatic N) is 4. The molecule has 192 valence electrons. The Morgan fingerprint density at radius 2 is 1.87 bits per heavy atom. The largest absolute Gasteiger partial charge is 0.474 e. The van der Waals surface area contributed by atoms with E-state index < -0.39 is 0 Å². The first-order valence-electron chi connectivity index (χ1n) is 13.7. The van der Waals surface area contributed by atoms with Gasteiger partial charge in [-0.15, -0.1) is 0 Å². The molecule has 1 atom stereocenters. The summed E-state index contributed by atoms with van der Waals surface area (Å²) in [5.41, 5.74) is 5.89. The van der Waals surface area contributed by atoms with E-state index in [1.54, 1.807) is 6.20 Å². The smallest absolute Gasteiger partial charge is 0.238 e. The van der Waals surface area contributed by atoms with Crippen LogP contribution in [0.1, 0.15) is 56.4 Å². The Bertz CT molecular complexity index is 1480. The van der Waals surface area contributed by atoms with Crippen molar-refractivity contribution in [1.29, 1.82) is 0 Å². The third-order valence-electron chi connectivity index (χ3n) is 8.81. The third kappa shape index (κ3) is 3.50. The zero-order valence-electron chi connectivity index (χ0n) is 21.2. The summed E-state index contributed by atoms with van der Waals surface area (Å²) in [6.07, 6.45) is 10.4. The lowest BCUT2D eigenvalue weighted by Gasteiger charge is -2.31. The molecule has 2 amide bonds. The number of aromatic nitrogens is 2. The van der Waals surface area contributed by atoms with Crippen LogP contribution in [0.3, 0.4) is 0 Å². The van der Waals surface area contributed by atoms with Crippen molar-refractivity contribution in [3.8, 4) is 17.0 Å². The van der Waals surface area contributed by atoms with Gasteiger partial charge in [-0.2, -0.15) is 0 Å². The lowest BCUT2D eigenvalue weighted by Crippen LogP contribution is -2.41. The van der Waals surface area contributed by atoms with Crippen LogP contribution in [0.4, 0.5) is 22.9 Å². The van der Waals surface area contributed by atoms with E-state index in [1.165, 1.54) is 18.4 Å². The second-order valence-electron chi connectivity index (χ2n) is 11.4. The second-order valence-corrected chi connectivity index (χ2v) is 11.4. The van der Waals surface area contributed by atoms with Crippen molar-refractivity contribution in [2.45, 2.75) is 56.9 Å². The van der Waals surface area contributed by atoms with E-state index in [0.717, 1.165) is 66.2 Å². The minimum atomic E-state index is -0.155. The van der Waals surface area contributed by atoms with E-state index in [-0.39, 0.29) is 23.3 Å². The molecule has 3 aliphatic heterocycles. The third-order valence-corrected chi connectivity index (χ3v) is 8.81. The molecule has 4 fully saturated rings. The minimum absolute atomic E-state index is 0.100. The zero-order valence-corrected chi connectivity index (χ0v) is 21.2. The maximum Gasteiger partial charge on any atom is 0.238 e. The van der Waals surface area contributed by atoms with E-state index in [1.807, 2.05) is 34.2 Å². The van der Waals surface area contributed by atoms with Crippen molar-refractivity contribution in [2.75, 3.05) is 28.3 Å². The Kier molecular flexibility index (Phi) is 4.66. The first-order chi connectivity index (χ1) is 18.6. The summed E-state index contributed by atoms with van der Waals surface area (Å²) < 4.78 is 5.91. The topological polar surface area (TPSA) is 87.7 Å². The van der Waals surface area contributed by atoms with Gasteiger partial charge in [0.15, 0.2) is 0 Å². The summed E-state index contributed by atoms with van der Waals surface area (Å²) in [4.78, 5) is 38.4. The van der Waals surface area contributed by atoms with Crippen LogP contribution in [-0.2, 0) is 9.59 Å². The first-order valence-corrected chi connectivity index (χ1v) is 13.7. The molecule has 3 aromatic rings. The molecule has 1 spiro atoms.